The van der Waals surface area contributed by atoms with E-state index in [0.717, 1.165) is 22.4 Å². The monoisotopic (exact) mass is 468 g/mol. The first-order valence-electron chi connectivity index (χ1n) is 9.96. The fraction of sp³-hybridized carbons (Fsp3) is 0.227. The third kappa shape index (κ3) is 5.54. The van der Waals surface area contributed by atoms with E-state index in [2.05, 4.69) is 30.6 Å². The number of para-hydroxylation sites is 1. The zero-order valence-electron chi connectivity index (χ0n) is 17.6. The molecule has 0 aliphatic heterocycles. The molecular weight excluding hydrogens is 448 g/mol. The number of carbonyl (C=O) groups is 1. The zero-order chi connectivity index (χ0) is 22.5. The topological polar surface area (TPSA) is 110 Å². The van der Waals surface area contributed by atoms with Gasteiger partial charge >= 0.3 is 0 Å². The van der Waals surface area contributed by atoms with E-state index in [4.69, 9.17) is 16.1 Å². The van der Waals surface area contributed by atoms with Crippen molar-refractivity contribution in [2.24, 2.45) is 0 Å². The van der Waals surface area contributed by atoms with Crippen LogP contribution in [-0.4, -0.2) is 31.2 Å². The molecular formula is C22H21ClN6O2S. The van der Waals surface area contributed by atoms with Crippen LogP contribution in [0.5, 0.6) is 0 Å². The molecule has 164 valence electrons. The van der Waals surface area contributed by atoms with Gasteiger partial charge in [0.15, 0.2) is 11.6 Å². The number of hydrogen-bond acceptors (Lipinski definition) is 7. The summed E-state index contributed by atoms with van der Waals surface area (Å²) in [5.74, 6) is 1.97. The Balaban J connectivity index is 1.27. The highest BCUT2D eigenvalue weighted by molar-refractivity contribution is 7.98. The molecule has 0 saturated carbocycles. The number of thioether (sulfide) groups is 1. The summed E-state index contributed by atoms with van der Waals surface area (Å²) in [5, 5.41) is 15.3. The lowest BCUT2D eigenvalue weighted by Crippen LogP contribution is -2.14. The van der Waals surface area contributed by atoms with Gasteiger partial charge in [0.25, 0.3) is 0 Å². The van der Waals surface area contributed by atoms with Crippen molar-refractivity contribution in [3.8, 4) is 11.4 Å². The average Bonchev–Trinajstić information content (AvgIpc) is 3.44. The van der Waals surface area contributed by atoms with Gasteiger partial charge in [-0.05, 0) is 49.2 Å². The summed E-state index contributed by atoms with van der Waals surface area (Å²) in [5.41, 5.74) is 3.81. The van der Waals surface area contributed by atoms with E-state index in [9.17, 15) is 4.79 Å². The van der Waals surface area contributed by atoms with Crippen molar-refractivity contribution in [2.45, 2.75) is 37.6 Å². The molecule has 0 spiro atoms. The van der Waals surface area contributed by atoms with E-state index in [-0.39, 0.29) is 12.3 Å². The number of amides is 1. The average molecular weight is 469 g/mol. The molecule has 4 aromatic rings. The van der Waals surface area contributed by atoms with Crippen molar-refractivity contribution in [1.82, 2.24) is 25.3 Å². The third-order valence-corrected chi connectivity index (χ3v) is 5.83. The first kappa shape index (κ1) is 22.0. The van der Waals surface area contributed by atoms with Gasteiger partial charge in [-0.15, -0.1) is 5.10 Å². The van der Waals surface area contributed by atoms with Crippen molar-refractivity contribution >= 4 is 35.0 Å². The Labute approximate surface area is 194 Å². The fourth-order valence-corrected chi connectivity index (χ4v) is 3.83. The molecule has 8 nitrogen and oxygen atoms in total. The van der Waals surface area contributed by atoms with Crippen LogP contribution in [-0.2, 0) is 17.0 Å². The van der Waals surface area contributed by atoms with Gasteiger partial charge in [-0.2, -0.15) is 4.98 Å². The van der Waals surface area contributed by atoms with Crippen molar-refractivity contribution in [3.05, 3.63) is 70.3 Å². The molecule has 0 fully saturated rings. The summed E-state index contributed by atoms with van der Waals surface area (Å²) in [6.07, 6.45) is 0.629. The Morgan fingerprint density at radius 2 is 1.88 bits per heavy atom. The van der Waals surface area contributed by atoms with E-state index >= 15 is 0 Å². The van der Waals surface area contributed by atoms with Gasteiger partial charge in [-0.1, -0.05) is 46.7 Å². The lowest BCUT2D eigenvalue weighted by molar-refractivity contribution is -0.116. The molecule has 2 N–H and O–H groups in total. The summed E-state index contributed by atoms with van der Waals surface area (Å²) in [6.45, 7) is 3.94. The minimum absolute atomic E-state index is 0.0908. The van der Waals surface area contributed by atoms with Gasteiger partial charge in [0.05, 0.1) is 5.75 Å². The summed E-state index contributed by atoms with van der Waals surface area (Å²) >= 11 is 7.31. The molecule has 4 rings (SSSR count). The molecule has 10 heteroatoms. The number of halogens is 1. The first-order chi connectivity index (χ1) is 15.5. The van der Waals surface area contributed by atoms with E-state index in [1.54, 1.807) is 12.1 Å². The fourth-order valence-electron chi connectivity index (χ4n) is 3.06. The number of H-pyrrole nitrogens is 1. The van der Waals surface area contributed by atoms with Crippen LogP contribution in [0.1, 0.15) is 29.3 Å². The van der Waals surface area contributed by atoms with E-state index in [1.807, 2.05) is 44.2 Å². The minimum Gasteiger partial charge on any atom is -0.339 e. The second kappa shape index (κ2) is 9.97. The predicted molar refractivity (Wildman–Crippen MR) is 124 cm³/mol. The molecule has 0 saturated heterocycles. The molecule has 2 aromatic carbocycles. The standard InChI is InChI=1S/C22H21ClN6O2S/c1-13-4-3-5-14(2)20(13)25-18(30)10-11-19-24-17(29-31-19)12-32-22-26-21(27-28-22)15-6-8-16(23)9-7-15/h3-9H,10-12H2,1-2H3,(H,25,30)(H,26,27,28). The first-order valence-corrected chi connectivity index (χ1v) is 11.3. The Bertz CT molecular complexity index is 1200. The highest BCUT2D eigenvalue weighted by Crippen LogP contribution is 2.23. The van der Waals surface area contributed by atoms with Crippen LogP contribution >= 0.6 is 23.4 Å². The number of nitrogens with one attached hydrogen (secondary N) is 2. The SMILES string of the molecule is Cc1cccc(C)c1NC(=O)CCc1nc(CSc2n[nH]c(-c3ccc(Cl)cc3)n2)no1. The summed E-state index contributed by atoms with van der Waals surface area (Å²) in [6, 6.07) is 13.3. The van der Waals surface area contributed by atoms with E-state index in [0.29, 0.717) is 39.9 Å². The number of rotatable bonds is 8. The number of aromatic nitrogens is 5. The summed E-state index contributed by atoms with van der Waals surface area (Å²) < 4.78 is 5.27. The Kier molecular flexibility index (Phi) is 6.87. The van der Waals surface area contributed by atoms with Crippen molar-refractivity contribution < 1.29 is 9.32 Å². The quantitative estimate of drug-likeness (QED) is 0.350. The molecule has 0 radical (unpaired) electrons. The molecule has 0 aliphatic carbocycles. The maximum atomic E-state index is 12.3. The molecule has 2 heterocycles. The molecule has 32 heavy (non-hydrogen) atoms. The molecule has 1 amide bonds. The Morgan fingerprint density at radius 3 is 2.62 bits per heavy atom. The molecule has 0 atom stereocenters. The lowest BCUT2D eigenvalue weighted by Gasteiger charge is -2.10. The number of carbonyl (C=O) groups excluding carboxylic acids is 1. The zero-order valence-corrected chi connectivity index (χ0v) is 19.1. The second-order valence-electron chi connectivity index (χ2n) is 7.18. The second-order valence-corrected chi connectivity index (χ2v) is 8.56. The van der Waals surface area contributed by atoms with Crippen LogP contribution in [0.4, 0.5) is 5.69 Å². The Morgan fingerprint density at radius 1 is 1.12 bits per heavy atom. The smallest absolute Gasteiger partial charge is 0.227 e. The molecule has 0 aliphatic rings. The number of aryl methyl sites for hydroxylation is 3. The van der Waals surface area contributed by atoms with E-state index in [1.165, 1.54) is 11.8 Å². The van der Waals surface area contributed by atoms with Gasteiger partial charge in [-0.25, -0.2) is 4.98 Å². The normalized spacial score (nSPS) is 11.0. The van der Waals surface area contributed by atoms with Crippen LogP contribution in [0.2, 0.25) is 5.02 Å². The van der Waals surface area contributed by atoms with Crippen molar-refractivity contribution in [2.75, 3.05) is 5.32 Å². The summed E-state index contributed by atoms with van der Waals surface area (Å²) in [7, 11) is 0. The van der Waals surface area contributed by atoms with Gasteiger partial charge in [0, 0.05) is 29.1 Å². The number of aromatic amines is 1. The number of anilines is 1. The van der Waals surface area contributed by atoms with Gasteiger partial charge in [0.1, 0.15) is 0 Å². The van der Waals surface area contributed by atoms with Crippen LogP contribution in [0, 0.1) is 13.8 Å². The summed E-state index contributed by atoms with van der Waals surface area (Å²) in [4.78, 5) is 21.1. The lowest BCUT2D eigenvalue weighted by atomic mass is 10.1. The van der Waals surface area contributed by atoms with Crippen molar-refractivity contribution in [3.63, 3.8) is 0 Å². The highest BCUT2D eigenvalue weighted by Gasteiger charge is 2.13. The highest BCUT2D eigenvalue weighted by atomic mass is 35.5. The third-order valence-electron chi connectivity index (χ3n) is 4.73. The molecule has 0 unspecified atom stereocenters. The largest absolute Gasteiger partial charge is 0.339 e. The molecule has 0 bridgehead atoms. The maximum absolute atomic E-state index is 12.3. The number of benzene rings is 2. The van der Waals surface area contributed by atoms with Crippen LogP contribution in [0.25, 0.3) is 11.4 Å². The van der Waals surface area contributed by atoms with Gasteiger partial charge < -0.3 is 9.84 Å². The minimum atomic E-state index is -0.0908. The van der Waals surface area contributed by atoms with Crippen LogP contribution in [0.3, 0.4) is 0 Å². The van der Waals surface area contributed by atoms with Gasteiger partial charge in [-0.3, -0.25) is 9.89 Å². The number of nitrogens with zero attached hydrogens (tertiary/aromatic N) is 4. The predicted octanol–water partition coefficient (Wildman–Crippen LogP) is 4.99. The van der Waals surface area contributed by atoms with Crippen molar-refractivity contribution in [1.29, 1.82) is 0 Å². The van der Waals surface area contributed by atoms with Crippen LogP contribution in [0.15, 0.2) is 52.1 Å². The maximum Gasteiger partial charge on any atom is 0.227 e. The molecule has 2 aromatic heterocycles. The van der Waals surface area contributed by atoms with E-state index < -0.39 is 0 Å². The Hall–Kier alpha value is -3.17. The van der Waals surface area contributed by atoms with Crippen LogP contribution < -0.4 is 5.32 Å². The number of hydrogen-bond donors (Lipinski definition) is 2. The van der Waals surface area contributed by atoms with Gasteiger partial charge in [0.2, 0.25) is 17.0 Å².